The summed E-state index contributed by atoms with van der Waals surface area (Å²) in [6.45, 7) is 3.77. The van der Waals surface area contributed by atoms with Crippen LogP contribution in [0.2, 0.25) is 0 Å². The predicted octanol–water partition coefficient (Wildman–Crippen LogP) is 1.53. The molecule has 6 heteroatoms. The van der Waals surface area contributed by atoms with Crippen molar-refractivity contribution in [3.8, 4) is 0 Å². The molecule has 23 heavy (non-hydrogen) atoms. The van der Waals surface area contributed by atoms with Crippen LogP contribution in [0.4, 0.5) is 5.69 Å². The molecular weight excluding hydrogens is 296 g/mol. The van der Waals surface area contributed by atoms with E-state index in [9.17, 15) is 14.4 Å². The van der Waals surface area contributed by atoms with Crippen LogP contribution in [0.15, 0.2) is 24.3 Å². The van der Waals surface area contributed by atoms with Crippen LogP contribution in [0.3, 0.4) is 0 Å². The molecule has 2 atom stereocenters. The monoisotopic (exact) mass is 318 g/mol. The zero-order valence-electron chi connectivity index (χ0n) is 13.7. The number of amides is 2. The molecule has 0 aromatic heterocycles. The third kappa shape index (κ3) is 3.36. The second kappa shape index (κ2) is 6.81. The first-order valence-corrected chi connectivity index (χ1v) is 7.74. The maximum Gasteiger partial charge on any atom is 0.326 e. The Morgan fingerprint density at radius 1 is 1.39 bits per heavy atom. The van der Waals surface area contributed by atoms with Gasteiger partial charge in [-0.3, -0.25) is 9.59 Å². The van der Waals surface area contributed by atoms with Crippen molar-refractivity contribution >= 4 is 23.5 Å². The molecule has 2 rings (SSSR count). The van der Waals surface area contributed by atoms with Gasteiger partial charge < -0.3 is 14.9 Å². The molecule has 2 unspecified atom stereocenters. The number of likely N-dealkylation sites (N-methyl/N-ethyl adjacent to an activating group) is 1. The van der Waals surface area contributed by atoms with Gasteiger partial charge in [-0.2, -0.15) is 0 Å². The van der Waals surface area contributed by atoms with E-state index in [1.54, 1.807) is 4.90 Å². The van der Waals surface area contributed by atoms with Crippen LogP contribution >= 0.6 is 0 Å². The molecule has 1 saturated heterocycles. The topological polar surface area (TPSA) is 77.9 Å². The van der Waals surface area contributed by atoms with Crippen LogP contribution in [0.5, 0.6) is 0 Å². The van der Waals surface area contributed by atoms with Crippen molar-refractivity contribution < 1.29 is 19.5 Å². The Kier molecular flexibility index (Phi) is 5.03. The van der Waals surface area contributed by atoms with Crippen molar-refractivity contribution in [2.45, 2.75) is 32.7 Å². The number of anilines is 1. The van der Waals surface area contributed by atoms with Crippen LogP contribution in [0.25, 0.3) is 0 Å². The van der Waals surface area contributed by atoms with Gasteiger partial charge in [0.15, 0.2) is 0 Å². The van der Waals surface area contributed by atoms with E-state index in [0.29, 0.717) is 6.54 Å². The Morgan fingerprint density at radius 2 is 2.04 bits per heavy atom. The summed E-state index contributed by atoms with van der Waals surface area (Å²) in [4.78, 5) is 38.6. The molecule has 2 amide bonds. The smallest absolute Gasteiger partial charge is 0.326 e. The normalized spacial score (nSPS) is 18.8. The second-order valence-electron chi connectivity index (χ2n) is 5.85. The lowest BCUT2D eigenvalue weighted by atomic mass is 10.1. The molecule has 1 aliphatic rings. The zero-order chi connectivity index (χ0) is 17.1. The lowest BCUT2D eigenvalue weighted by molar-refractivity contribution is -0.149. The summed E-state index contributed by atoms with van der Waals surface area (Å²) >= 11 is 0. The van der Waals surface area contributed by atoms with Gasteiger partial charge >= 0.3 is 5.97 Å². The average molecular weight is 318 g/mol. The van der Waals surface area contributed by atoms with Crippen molar-refractivity contribution in [2.24, 2.45) is 5.92 Å². The fourth-order valence-electron chi connectivity index (χ4n) is 2.82. The molecule has 1 aromatic rings. The van der Waals surface area contributed by atoms with Crippen molar-refractivity contribution in [1.82, 2.24) is 4.90 Å². The molecule has 1 aliphatic heterocycles. The van der Waals surface area contributed by atoms with E-state index in [4.69, 9.17) is 5.11 Å². The van der Waals surface area contributed by atoms with E-state index in [1.807, 2.05) is 31.2 Å². The molecule has 0 radical (unpaired) electrons. The van der Waals surface area contributed by atoms with Crippen LogP contribution < -0.4 is 4.90 Å². The number of carbonyl (C=O) groups excluding carboxylic acids is 2. The maximum atomic E-state index is 12.5. The van der Waals surface area contributed by atoms with Crippen LogP contribution in [0, 0.1) is 5.92 Å². The summed E-state index contributed by atoms with van der Waals surface area (Å²) in [6.07, 6.45) is 0.919. The third-order valence-corrected chi connectivity index (χ3v) is 4.42. The van der Waals surface area contributed by atoms with Gasteiger partial charge in [-0.1, -0.05) is 25.1 Å². The van der Waals surface area contributed by atoms with Gasteiger partial charge in [0, 0.05) is 25.7 Å². The Morgan fingerprint density at radius 3 is 2.65 bits per heavy atom. The molecule has 0 spiro atoms. The molecule has 6 nitrogen and oxygen atoms in total. The largest absolute Gasteiger partial charge is 0.480 e. The average Bonchev–Trinajstić information content (AvgIpc) is 2.94. The summed E-state index contributed by atoms with van der Waals surface area (Å²) in [7, 11) is 1.47. The first-order valence-electron chi connectivity index (χ1n) is 7.74. The molecule has 0 bridgehead atoms. The van der Waals surface area contributed by atoms with Gasteiger partial charge in [0.05, 0.1) is 5.92 Å². The second-order valence-corrected chi connectivity index (χ2v) is 5.85. The number of aliphatic carboxylic acids is 1. The highest BCUT2D eigenvalue weighted by Gasteiger charge is 2.38. The number of hydrogen-bond acceptors (Lipinski definition) is 3. The van der Waals surface area contributed by atoms with Gasteiger partial charge in [0.1, 0.15) is 6.04 Å². The molecular formula is C17H22N2O4. The first kappa shape index (κ1) is 17.0. The van der Waals surface area contributed by atoms with E-state index >= 15 is 0 Å². The van der Waals surface area contributed by atoms with E-state index < -0.39 is 17.9 Å². The van der Waals surface area contributed by atoms with Crippen LogP contribution in [-0.4, -0.2) is 47.4 Å². The molecule has 124 valence electrons. The Labute approximate surface area is 135 Å². The quantitative estimate of drug-likeness (QED) is 0.893. The van der Waals surface area contributed by atoms with Gasteiger partial charge in [-0.25, -0.2) is 4.79 Å². The van der Waals surface area contributed by atoms with Gasteiger partial charge in [0.25, 0.3) is 0 Å². The van der Waals surface area contributed by atoms with Crippen molar-refractivity contribution in [1.29, 1.82) is 0 Å². The molecule has 1 heterocycles. The number of carbonyl (C=O) groups is 3. The lowest BCUT2D eigenvalue weighted by Gasteiger charge is -2.25. The molecule has 1 aromatic carbocycles. The van der Waals surface area contributed by atoms with Gasteiger partial charge in [-0.05, 0) is 25.0 Å². The molecule has 1 fully saturated rings. The van der Waals surface area contributed by atoms with Crippen molar-refractivity contribution in [3.63, 3.8) is 0 Å². The molecule has 0 aliphatic carbocycles. The highest BCUT2D eigenvalue weighted by molar-refractivity contribution is 6.01. The number of rotatable bonds is 5. The third-order valence-electron chi connectivity index (χ3n) is 4.42. The van der Waals surface area contributed by atoms with E-state index in [-0.39, 0.29) is 18.2 Å². The number of aryl methyl sites for hydroxylation is 1. The zero-order valence-corrected chi connectivity index (χ0v) is 13.7. The number of carboxylic acids is 1. The highest BCUT2D eigenvalue weighted by atomic mass is 16.4. The number of para-hydroxylation sites is 1. The van der Waals surface area contributed by atoms with Crippen LogP contribution in [0.1, 0.15) is 25.8 Å². The molecule has 0 saturated carbocycles. The SMILES string of the molecule is CCc1ccccc1N1CC(C(=O)N(C)C(C)C(=O)O)CC1=O. The van der Waals surface area contributed by atoms with E-state index in [2.05, 4.69) is 0 Å². The minimum Gasteiger partial charge on any atom is -0.480 e. The van der Waals surface area contributed by atoms with Crippen molar-refractivity contribution in [3.05, 3.63) is 29.8 Å². The van der Waals surface area contributed by atoms with Crippen molar-refractivity contribution in [2.75, 3.05) is 18.5 Å². The van der Waals surface area contributed by atoms with Gasteiger partial charge in [-0.15, -0.1) is 0 Å². The number of hydrogen-bond donors (Lipinski definition) is 1. The first-order chi connectivity index (χ1) is 10.9. The van der Waals surface area contributed by atoms with Crippen LogP contribution in [-0.2, 0) is 20.8 Å². The van der Waals surface area contributed by atoms with Gasteiger partial charge in [0.2, 0.25) is 11.8 Å². The molecule has 1 N–H and O–H groups in total. The minimum atomic E-state index is -1.06. The standard InChI is InChI=1S/C17H22N2O4/c1-4-12-7-5-6-8-14(12)19-10-13(9-15(19)20)16(21)18(3)11(2)17(22)23/h5-8,11,13H,4,9-10H2,1-3H3,(H,22,23). The Bertz CT molecular complexity index is 629. The maximum absolute atomic E-state index is 12.5. The highest BCUT2D eigenvalue weighted by Crippen LogP contribution is 2.29. The number of benzene rings is 1. The van der Waals surface area contributed by atoms with E-state index in [0.717, 1.165) is 17.7 Å². The number of nitrogens with zero attached hydrogens (tertiary/aromatic N) is 2. The fourth-order valence-corrected chi connectivity index (χ4v) is 2.82. The number of carboxylic acid groups (broad SMARTS) is 1. The van der Waals surface area contributed by atoms with E-state index in [1.165, 1.54) is 18.9 Å². The summed E-state index contributed by atoms with van der Waals surface area (Å²) < 4.78 is 0. The fraction of sp³-hybridized carbons (Fsp3) is 0.471. The summed E-state index contributed by atoms with van der Waals surface area (Å²) in [6, 6.07) is 6.74. The lowest BCUT2D eigenvalue weighted by Crippen LogP contribution is -2.43. The Hall–Kier alpha value is -2.37. The summed E-state index contributed by atoms with van der Waals surface area (Å²) in [5, 5.41) is 9.02. The minimum absolute atomic E-state index is 0.0966. The summed E-state index contributed by atoms with van der Waals surface area (Å²) in [5.74, 6) is -1.96. The predicted molar refractivity (Wildman–Crippen MR) is 86.1 cm³/mol. The summed E-state index contributed by atoms with van der Waals surface area (Å²) in [5.41, 5.74) is 1.89. The Balaban J connectivity index is 2.17.